The molecule has 0 bridgehead atoms. The minimum atomic E-state index is -3.47. The molecule has 0 radical (unpaired) electrons. The quantitative estimate of drug-likeness (QED) is 0.107. The summed E-state index contributed by atoms with van der Waals surface area (Å²) in [4.78, 5) is 13.3. The Morgan fingerprint density at radius 2 is 1.84 bits per heavy atom. The summed E-state index contributed by atoms with van der Waals surface area (Å²) in [6.07, 6.45) is 5.81. The Morgan fingerprint density at radius 1 is 1.11 bits per heavy atom. The summed E-state index contributed by atoms with van der Waals surface area (Å²) in [5.41, 5.74) is 1.75. The zero-order valence-corrected chi connectivity index (χ0v) is 25.5. The fourth-order valence-electron chi connectivity index (χ4n) is 4.61. The number of nitrogens with one attached hydrogen (secondary N) is 1. The topological polar surface area (TPSA) is 123 Å². The van der Waals surface area contributed by atoms with E-state index in [0.29, 0.717) is 45.0 Å². The smallest absolute Gasteiger partial charge is 0.387 e. The maximum Gasteiger partial charge on any atom is 0.387 e. The van der Waals surface area contributed by atoms with Crippen molar-refractivity contribution in [3.63, 3.8) is 0 Å². The molecule has 1 N–H and O–H groups in total. The number of halogens is 4. The number of fused-ring (bicyclic) bond motifs is 1. The van der Waals surface area contributed by atoms with Gasteiger partial charge in [0.05, 0.1) is 12.9 Å². The normalized spacial score (nSPS) is 14.0. The summed E-state index contributed by atoms with van der Waals surface area (Å²) in [5, 5.41) is 12.6. The number of alkyl halides is 2. The monoisotopic (exact) mass is 669 g/mol. The van der Waals surface area contributed by atoms with Crippen LogP contribution < -0.4 is 18.9 Å². The number of aromatic nitrogens is 2. The average molecular weight is 671 g/mol. The number of benzene rings is 2. The lowest BCUT2D eigenvalue weighted by atomic mass is 10.0. The Labute approximate surface area is 261 Å². The first-order valence-electron chi connectivity index (χ1n) is 13.4. The van der Waals surface area contributed by atoms with Gasteiger partial charge in [-0.05, 0) is 60.7 Å². The van der Waals surface area contributed by atoms with Crippen LogP contribution in [0.3, 0.4) is 0 Å². The molecule has 1 unspecified atom stereocenters. The van der Waals surface area contributed by atoms with Gasteiger partial charge in [0.25, 0.3) is 0 Å². The Hall–Kier alpha value is -3.81. The summed E-state index contributed by atoms with van der Waals surface area (Å²) in [5.74, 6) is -0.433. The van der Waals surface area contributed by atoms with E-state index in [1.807, 2.05) is 0 Å². The highest BCUT2D eigenvalue weighted by atomic mass is 35.5. The largest absolute Gasteiger partial charge is 0.619 e. The third-order valence-electron chi connectivity index (χ3n) is 6.82. The minimum Gasteiger partial charge on any atom is -0.619 e. The van der Waals surface area contributed by atoms with E-state index in [4.69, 9.17) is 32.7 Å². The highest BCUT2D eigenvalue weighted by molar-refractivity contribution is 7.92. The van der Waals surface area contributed by atoms with Gasteiger partial charge in [-0.15, -0.1) is 0 Å². The van der Waals surface area contributed by atoms with Crippen molar-refractivity contribution in [2.24, 2.45) is 5.92 Å². The van der Waals surface area contributed by atoms with Gasteiger partial charge in [0, 0.05) is 34.8 Å². The SMILES string of the molecule is CS(=O)(=O)Nc1ccc2c(ccn2CC(=O)OC(Cc2c(Cl)c[n+]([O-])cc2Cl)c2ccc(OC(F)F)c(OCC3CC3)c2)c1. The number of hydrogen-bond donors (Lipinski definition) is 1. The maximum atomic E-state index is 13.3. The summed E-state index contributed by atoms with van der Waals surface area (Å²) < 4.78 is 70.2. The highest BCUT2D eigenvalue weighted by Crippen LogP contribution is 2.38. The molecular weight excluding hydrogens is 643 g/mol. The van der Waals surface area contributed by atoms with Crippen molar-refractivity contribution < 1.29 is 40.9 Å². The molecule has 4 aromatic rings. The fraction of sp³-hybridized carbons (Fsp3) is 0.310. The van der Waals surface area contributed by atoms with Crippen LogP contribution in [0.15, 0.2) is 61.1 Å². The van der Waals surface area contributed by atoms with Crippen LogP contribution in [0, 0.1) is 11.1 Å². The minimum absolute atomic E-state index is 0.0473. The van der Waals surface area contributed by atoms with E-state index in [1.165, 1.54) is 18.2 Å². The van der Waals surface area contributed by atoms with Gasteiger partial charge in [-0.25, -0.2) is 8.42 Å². The predicted octanol–water partition coefficient (Wildman–Crippen LogP) is 5.87. The third-order valence-corrected chi connectivity index (χ3v) is 8.08. The van der Waals surface area contributed by atoms with Crippen molar-refractivity contribution in [1.82, 2.24) is 4.57 Å². The molecule has 44 heavy (non-hydrogen) atoms. The number of carbonyl (C=O) groups excluding carboxylic acids is 1. The second kappa shape index (κ2) is 13.0. The molecule has 10 nitrogen and oxygen atoms in total. The van der Waals surface area contributed by atoms with E-state index >= 15 is 0 Å². The van der Waals surface area contributed by atoms with E-state index in [1.54, 1.807) is 35.0 Å². The van der Waals surface area contributed by atoms with Gasteiger partial charge in [0.15, 0.2) is 23.9 Å². The van der Waals surface area contributed by atoms with Crippen LogP contribution in [-0.4, -0.2) is 38.4 Å². The first-order valence-corrected chi connectivity index (χ1v) is 16.0. The van der Waals surface area contributed by atoms with Crippen LogP contribution in [0.5, 0.6) is 11.5 Å². The van der Waals surface area contributed by atoms with E-state index in [-0.39, 0.29) is 34.5 Å². The number of hydrogen-bond acceptors (Lipinski definition) is 7. The van der Waals surface area contributed by atoms with E-state index in [9.17, 15) is 27.2 Å². The van der Waals surface area contributed by atoms with Gasteiger partial charge in [0.2, 0.25) is 10.0 Å². The lowest BCUT2D eigenvalue weighted by Gasteiger charge is -2.22. The predicted molar refractivity (Wildman–Crippen MR) is 160 cm³/mol. The fourth-order valence-corrected chi connectivity index (χ4v) is 5.77. The van der Waals surface area contributed by atoms with Crippen LogP contribution in [-0.2, 0) is 32.5 Å². The molecule has 1 saturated carbocycles. The van der Waals surface area contributed by atoms with Gasteiger partial charge in [-0.3, -0.25) is 9.52 Å². The molecule has 0 spiro atoms. The van der Waals surface area contributed by atoms with Crippen molar-refractivity contribution in [1.29, 1.82) is 0 Å². The van der Waals surface area contributed by atoms with Gasteiger partial charge < -0.3 is 24.0 Å². The molecule has 1 aliphatic carbocycles. The van der Waals surface area contributed by atoms with E-state index < -0.39 is 28.7 Å². The van der Waals surface area contributed by atoms with Crippen LogP contribution >= 0.6 is 23.2 Å². The number of carbonyl (C=O) groups is 1. The third kappa shape index (κ3) is 8.21. The van der Waals surface area contributed by atoms with Gasteiger partial charge in [0.1, 0.15) is 22.7 Å². The van der Waals surface area contributed by atoms with Gasteiger partial charge >= 0.3 is 12.6 Å². The number of pyridine rings is 1. The van der Waals surface area contributed by atoms with Crippen LogP contribution in [0.4, 0.5) is 14.5 Å². The molecule has 0 aliphatic heterocycles. The molecule has 234 valence electrons. The van der Waals surface area contributed by atoms with Crippen molar-refractivity contribution in [3.8, 4) is 11.5 Å². The van der Waals surface area contributed by atoms with Crippen molar-refractivity contribution in [3.05, 3.63) is 87.4 Å². The molecule has 1 atom stereocenters. The lowest BCUT2D eigenvalue weighted by molar-refractivity contribution is -0.605. The average Bonchev–Trinajstić information content (AvgIpc) is 3.68. The van der Waals surface area contributed by atoms with Crippen molar-refractivity contribution in [2.75, 3.05) is 17.6 Å². The first-order chi connectivity index (χ1) is 20.8. The second-order valence-corrected chi connectivity index (χ2v) is 13.0. The molecule has 2 heterocycles. The van der Waals surface area contributed by atoms with Crippen LogP contribution in [0.25, 0.3) is 10.9 Å². The van der Waals surface area contributed by atoms with Crippen molar-refractivity contribution in [2.45, 2.75) is 38.5 Å². The molecule has 1 fully saturated rings. The zero-order valence-electron chi connectivity index (χ0n) is 23.2. The van der Waals surface area contributed by atoms with Crippen LogP contribution in [0.2, 0.25) is 10.0 Å². The Morgan fingerprint density at radius 3 is 2.50 bits per heavy atom. The summed E-state index contributed by atoms with van der Waals surface area (Å²) >= 11 is 12.6. The summed E-state index contributed by atoms with van der Waals surface area (Å²) in [7, 11) is -3.47. The highest BCUT2D eigenvalue weighted by Gasteiger charge is 2.26. The number of sulfonamides is 1. The number of ether oxygens (including phenoxy) is 3. The van der Waals surface area contributed by atoms with Gasteiger partial charge in [-0.1, -0.05) is 29.3 Å². The molecule has 5 rings (SSSR count). The van der Waals surface area contributed by atoms with Crippen LogP contribution in [0.1, 0.15) is 30.1 Å². The Kier molecular flexibility index (Phi) is 9.37. The molecule has 2 aromatic carbocycles. The molecule has 0 amide bonds. The number of nitrogens with zero attached hydrogens (tertiary/aromatic N) is 2. The summed E-state index contributed by atoms with van der Waals surface area (Å²) in [6, 6.07) is 10.8. The molecule has 1 aliphatic rings. The van der Waals surface area contributed by atoms with Crippen molar-refractivity contribution >= 4 is 55.8 Å². The number of rotatable bonds is 13. The number of anilines is 1. The Bertz CT molecular complexity index is 1780. The molecule has 2 aromatic heterocycles. The summed E-state index contributed by atoms with van der Waals surface area (Å²) in [6.45, 7) is -2.98. The lowest BCUT2D eigenvalue weighted by Crippen LogP contribution is -2.26. The standard InChI is InChI=1S/C29H27Cl2F2N3O7S/c1-44(39,40)34-20-5-6-24-18(10-20)8-9-35(24)15-28(37)42-26(12-21-22(30)13-36(38)14-23(21)31)19-4-7-25(43-29(32)33)27(11-19)41-16-17-2-3-17/h4-11,13-14,17,26,29,34H,2-3,12,15-16H2,1H3. The van der Waals surface area contributed by atoms with Gasteiger partial charge in [-0.2, -0.15) is 13.5 Å². The maximum absolute atomic E-state index is 13.3. The first kappa shape index (κ1) is 31.6. The molecule has 0 saturated heterocycles. The number of esters is 1. The molecular formula is C29H27Cl2F2N3O7S. The zero-order chi connectivity index (χ0) is 31.6. The van der Waals surface area contributed by atoms with E-state index in [2.05, 4.69) is 9.46 Å². The Balaban J connectivity index is 1.43. The van der Waals surface area contributed by atoms with E-state index in [0.717, 1.165) is 31.5 Å². The second-order valence-electron chi connectivity index (χ2n) is 10.4. The molecule has 15 heteroatoms.